The van der Waals surface area contributed by atoms with Gasteiger partial charge in [0.1, 0.15) is 0 Å². The van der Waals surface area contributed by atoms with Crippen LogP contribution in [-0.4, -0.2) is 14.9 Å². The summed E-state index contributed by atoms with van der Waals surface area (Å²) >= 11 is 0. The first-order chi connectivity index (χ1) is 11.6. The maximum atomic E-state index is 12.2. The van der Waals surface area contributed by atoms with Crippen molar-refractivity contribution >= 4 is 5.78 Å². The van der Waals surface area contributed by atoms with Crippen LogP contribution in [0.1, 0.15) is 15.9 Å². The highest BCUT2D eigenvalue weighted by Gasteiger charge is 2.10. The summed E-state index contributed by atoms with van der Waals surface area (Å²) in [7, 11) is 0. The van der Waals surface area contributed by atoms with Crippen LogP contribution in [0.4, 0.5) is 0 Å². The van der Waals surface area contributed by atoms with E-state index in [0.29, 0.717) is 12.1 Å². The van der Waals surface area contributed by atoms with Crippen LogP contribution in [0.5, 0.6) is 0 Å². The second-order valence-electron chi connectivity index (χ2n) is 5.44. The maximum absolute atomic E-state index is 12.2. The highest BCUT2D eigenvalue weighted by Crippen LogP contribution is 2.02. The molecular formula is C19H16N2O3. The fraction of sp³-hybridized carbons (Fsp3) is 0.105. The number of carbonyl (C=O) groups is 1. The zero-order valence-electron chi connectivity index (χ0n) is 13.0. The molecule has 5 nitrogen and oxygen atoms in total. The van der Waals surface area contributed by atoms with Gasteiger partial charge < -0.3 is 9.13 Å². The zero-order chi connectivity index (χ0) is 16.9. The van der Waals surface area contributed by atoms with Crippen molar-refractivity contribution in [3.05, 3.63) is 105 Å². The average molecular weight is 320 g/mol. The quantitative estimate of drug-likeness (QED) is 0.533. The molecule has 0 bridgehead atoms. The molecule has 5 heteroatoms. The zero-order valence-corrected chi connectivity index (χ0v) is 13.0. The Labute approximate surface area is 138 Å². The molecule has 3 rings (SSSR count). The minimum atomic E-state index is -0.697. The van der Waals surface area contributed by atoms with Gasteiger partial charge in [-0.15, -0.1) is 0 Å². The third-order valence-electron chi connectivity index (χ3n) is 3.74. The van der Waals surface area contributed by atoms with Gasteiger partial charge in [0.05, 0.1) is 13.1 Å². The molecule has 0 aliphatic rings. The van der Waals surface area contributed by atoms with E-state index in [1.165, 1.54) is 17.0 Å². The van der Waals surface area contributed by atoms with E-state index in [2.05, 4.69) is 0 Å². The van der Waals surface area contributed by atoms with Gasteiger partial charge in [-0.05, 0) is 5.56 Å². The molecule has 0 aliphatic heterocycles. The Morgan fingerprint density at radius 3 is 1.96 bits per heavy atom. The monoisotopic (exact) mass is 320 g/mol. The largest absolute Gasteiger partial charge is 0.316 e. The van der Waals surface area contributed by atoms with Crippen molar-refractivity contribution in [3.63, 3.8) is 0 Å². The lowest BCUT2D eigenvalue weighted by atomic mass is 10.1. The third kappa shape index (κ3) is 3.41. The SMILES string of the molecule is O=C(Cn1ccn(Cc2ccccc2)c(=O)c1=O)c1ccccc1. The van der Waals surface area contributed by atoms with E-state index >= 15 is 0 Å². The van der Waals surface area contributed by atoms with E-state index in [4.69, 9.17) is 0 Å². The number of rotatable bonds is 5. The lowest BCUT2D eigenvalue weighted by Crippen LogP contribution is -2.41. The smallest absolute Gasteiger partial charge is 0.305 e. The van der Waals surface area contributed by atoms with Crippen molar-refractivity contribution in [2.75, 3.05) is 0 Å². The van der Waals surface area contributed by atoms with Gasteiger partial charge in [0.25, 0.3) is 0 Å². The molecular weight excluding hydrogens is 304 g/mol. The summed E-state index contributed by atoms with van der Waals surface area (Å²) in [4.78, 5) is 36.6. The number of aromatic nitrogens is 2. The van der Waals surface area contributed by atoms with Crippen LogP contribution in [0, 0.1) is 0 Å². The molecule has 0 unspecified atom stereocenters. The maximum Gasteiger partial charge on any atom is 0.316 e. The molecule has 0 spiro atoms. The number of ketones is 1. The van der Waals surface area contributed by atoms with E-state index < -0.39 is 11.1 Å². The molecule has 0 aliphatic carbocycles. The average Bonchev–Trinajstić information content (AvgIpc) is 2.63. The Morgan fingerprint density at radius 1 is 0.750 bits per heavy atom. The van der Waals surface area contributed by atoms with Gasteiger partial charge in [0.15, 0.2) is 5.78 Å². The Kier molecular flexibility index (Phi) is 4.52. The second kappa shape index (κ2) is 6.91. The fourth-order valence-electron chi connectivity index (χ4n) is 2.44. The summed E-state index contributed by atoms with van der Waals surface area (Å²) in [6, 6.07) is 18.1. The lowest BCUT2D eigenvalue weighted by Gasteiger charge is -2.09. The first kappa shape index (κ1) is 15.7. The van der Waals surface area contributed by atoms with Crippen molar-refractivity contribution in [1.82, 2.24) is 9.13 Å². The highest BCUT2D eigenvalue weighted by molar-refractivity contribution is 5.95. The molecule has 0 fully saturated rings. The van der Waals surface area contributed by atoms with Crippen LogP contribution in [0.2, 0.25) is 0 Å². The Balaban J connectivity index is 1.84. The minimum absolute atomic E-state index is 0.149. The van der Waals surface area contributed by atoms with Gasteiger partial charge in [0, 0.05) is 18.0 Å². The standard InChI is InChI=1S/C19H16N2O3/c22-17(16-9-5-2-6-10-16)14-21-12-11-20(18(23)19(21)24)13-15-7-3-1-4-8-15/h1-12H,13-14H2. The van der Waals surface area contributed by atoms with Gasteiger partial charge in [-0.2, -0.15) is 0 Å². The van der Waals surface area contributed by atoms with E-state index in [9.17, 15) is 14.4 Å². The van der Waals surface area contributed by atoms with Crippen molar-refractivity contribution in [1.29, 1.82) is 0 Å². The Bertz CT molecular complexity index is 957. The van der Waals surface area contributed by atoms with Crippen LogP contribution < -0.4 is 11.1 Å². The molecule has 0 saturated heterocycles. The van der Waals surface area contributed by atoms with Gasteiger partial charge in [-0.25, -0.2) is 0 Å². The van der Waals surface area contributed by atoms with Crippen LogP contribution in [0.15, 0.2) is 82.6 Å². The summed E-state index contributed by atoms with van der Waals surface area (Å²) in [6.07, 6.45) is 3.02. The van der Waals surface area contributed by atoms with Crippen molar-refractivity contribution in [2.45, 2.75) is 13.1 Å². The summed E-state index contributed by atoms with van der Waals surface area (Å²) < 4.78 is 2.50. The molecule has 0 saturated carbocycles. The first-order valence-electron chi connectivity index (χ1n) is 7.57. The minimum Gasteiger partial charge on any atom is -0.305 e. The number of hydrogen-bond donors (Lipinski definition) is 0. The molecule has 1 heterocycles. The van der Waals surface area contributed by atoms with E-state index in [0.717, 1.165) is 10.1 Å². The number of nitrogens with zero attached hydrogens (tertiary/aromatic N) is 2. The predicted octanol–water partition coefficient (Wildman–Crippen LogP) is 1.94. The molecule has 2 aromatic carbocycles. The number of benzene rings is 2. The van der Waals surface area contributed by atoms with Gasteiger partial charge in [0.2, 0.25) is 0 Å². The number of hydrogen-bond acceptors (Lipinski definition) is 3. The summed E-state index contributed by atoms with van der Waals surface area (Å²) in [5.41, 5.74) is 0.106. The molecule has 1 aromatic heterocycles. The highest BCUT2D eigenvalue weighted by atomic mass is 16.2. The summed E-state index contributed by atoms with van der Waals surface area (Å²) in [6.45, 7) is 0.173. The van der Waals surface area contributed by atoms with Crippen LogP contribution >= 0.6 is 0 Å². The normalized spacial score (nSPS) is 10.5. The van der Waals surface area contributed by atoms with Crippen LogP contribution in [0.25, 0.3) is 0 Å². The molecule has 24 heavy (non-hydrogen) atoms. The molecule has 0 amide bonds. The van der Waals surface area contributed by atoms with Gasteiger partial charge in [-0.3, -0.25) is 14.4 Å². The Morgan fingerprint density at radius 2 is 1.29 bits per heavy atom. The second-order valence-corrected chi connectivity index (χ2v) is 5.44. The fourth-order valence-corrected chi connectivity index (χ4v) is 2.44. The van der Waals surface area contributed by atoms with Crippen LogP contribution in [-0.2, 0) is 13.1 Å². The van der Waals surface area contributed by atoms with Crippen molar-refractivity contribution in [2.24, 2.45) is 0 Å². The predicted molar refractivity (Wildman–Crippen MR) is 91.3 cm³/mol. The molecule has 120 valence electrons. The van der Waals surface area contributed by atoms with Crippen molar-refractivity contribution < 1.29 is 4.79 Å². The molecule has 3 aromatic rings. The first-order valence-corrected chi connectivity index (χ1v) is 7.57. The van der Waals surface area contributed by atoms with Gasteiger partial charge in [-0.1, -0.05) is 60.7 Å². The van der Waals surface area contributed by atoms with E-state index in [1.54, 1.807) is 24.3 Å². The van der Waals surface area contributed by atoms with E-state index in [-0.39, 0.29) is 12.3 Å². The molecule has 0 atom stereocenters. The number of Topliss-reactive ketones (excluding diaryl/α,β-unsaturated/α-hetero) is 1. The van der Waals surface area contributed by atoms with Crippen molar-refractivity contribution in [3.8, 4) is 0 Å². The Hall–Kier alpha value is -3.21. The number of carbonyl (C=O) groups excluding carboxylic acids is 1. The summed E-state index contributed by atoms with van der Waals surface area (Å²) in [5.74, 6) is -0.210. The third-order valence-corrected chi connectivity index (χ3v) is 3.74. The lowest BCUT2D eigenvalue weighted by molar-refractivity contribution is 0.0970. The molecule has 0 N–H and O–H groups in total. The van der Waals surface area contributed by atoms with Crippen LogP contribution in [0.3, 0.4) is 0 Å². The topological polar surface area (TPSA) is 61.1 Å². The van der Waals surface area contributed by atoms with E-state index in [1.807, 2.05) is 36.4 Å². The molecule has 0 radical (unpaired) electrons. The summed E-state index contributed by atoms with van der Waals surface area (Å²) in [5, 5.41) is 0. The van der Waals surface area contributed by atoms with Gasteiger partial charge >= 0.3 is 11.1 Å².